The normalized spacial score (nSPS) is 11.1. The highest BCUT2D eigenvalue weighted by Gasteiger charge is 2.12. The Morgan fingerprint density at radius 3 is 2.48 bits per heavy atom. The van der Waals surface area contributed by atoms with Crippen LogP contribution < -0.4 is 15.0 Å². The van der Waals surface area contributed by atoms with Crippen LogP contribution in [0.1, 0.15) is 28.7 Å². The van der Waals surface area contributed by atoms with Crippen LogP contribution in [0.5, 0.6) is 11.5 Å². The van der Waals surface area contributed by atoms with Crippen molar-refractivity contribution in [3.05, 3.63) is 94.0 Å². The fourth-order valence-corrected chi connectivity index (χ4v) is 3.50. The van der Waals surface area contributed by atoms with Gasteiger partial charge in [0.1, 0.15) is 5.82 Å². The third-order valence-electron chi connectivity index (χ3n) is 5.09. The molecule has 3 aromatic carbocycles. The number of carboxylic acid groups (broad SMARTS) is 1. The highest BCUT2D eigenvalue weighted by atomic mass is 16.5. The number of methoxy groups -OCH3 is 1. The molecule has 0 aliphatic carbocycles. The van der Waals surface area contributed by atoms with Gasteiger partial charge in [-0.1, -0.05) is 24.3 Å². The molecule has 0 radical (unpaired) electrons. The second kappa shape index (κ2) is 9.40. The molecule has 0 saturated carbocycles. The van der Waals surface area contributed by atoms with Crippen LogP contribution in [0.15, 0.2) is 71.5 Å². The Balaban J connectivity index is 1.84. The minimum absolute atomic E-state index is 0.138. The van der Waals surface area contributed by atoms with E-state index in [4.69, 9.17) is 9.47 Å². The van der Waals surface area contributed by atoms with E-state index in [1.807, 2.05) is 37.3 Å². The van der Waals surface area contributed by atoms with Crippen molar-refractivity contribution in [2.45, 2.75) is 6.92 Å². The number of aromatic nitrogens is 2. The smallest absolute Gasteiger partial charge is 0.335 e. The Morgan fingerprint density at radius 2 is 1.79 bits per heavy atom. The summed E-state index contributed by atoms with van der Waals surface area (Å²) in [6, 6.07) is 18.8. The molecule has 7 nitrogen and oxygen atoms in total. The first kappa shape index (κ1) is 21.8. The molecule has 0 atom stereocenters. The lowest BCUT2D eigenvalue weighted by Crippen LogP contribution is -2.22. The molecule has 7 heteroatoms. The van der Waals surface area contributed by atoms with Crippen molar-refractivity contribution >= 4 is 29.0 Å². The number of ether oxygens (including phenoxy) is 2. The van der Waals surface area contributed by atoms with Crippen LogP contribution in [-0.4, -0.2) is 34.3 Å². The molecule has 0 spiro atoms. The average molecular weight is 442 g/mol. The summed E-state index contributed by atoms with van der Waals surface area (Å²) in [6.45, 7) is 2.43. The van der Waals surface area contributed by atoms with Gasteiger partial charge in [0.25, 0.3) is 5.56 Å². The molecular formula is C26H22N2O5. The van der Waals surface area contributed by atoms with Gasteiger partial charge in [0, 0.05) is 0 Å². The van der Waals surface area contributed by atoms with Gasteiger partial charge in [-0.25, -0.2) is 9.78 Å². The van der Waals surface area contributed by atoms with Gasteiger partial charge in [0.05, 0.1) is 35.9 Å². The summed E-state index contributed by atoms with van der Waals surface area (Å²) in [6.07, 6.45) is 3.57. The van der Waals surface area contributed by atoms with Gasteiger partial charge in [-0.05, 0) is 67.1 Å². The average Bonchev–Trinajstić information content (AvgIpc) is 2.83. The van der Waals surface area contributed by atoms with E-state index in [0.717, 1.165) is 5.56 Å². The third-order valence-corrected chi connectivity index (χ3v) is 5.09. The molecule has 0 unspecified atom stereocenters. The number of fused-ring (bicyclic) bond motifs is 1. The molecular weight excluding hydrogens is 420 g/mol. The van der Waals surface area contributed by atoms with E-state index in [2.05, 4.69) is 4.98 Å². The molecule has 4 aromatic rings. The van der Waals surface area contributed by atoms with Crippen LogP contribution in [0.25, 0.3) is 28.7 Å². The fraction of sp³-hybridized carbons (Fsp3) is 0.115. The van der Waals surface area contributed by atoms with E-state index >= 15 is 0 Å². The molecule has 0 aliphatic heterocycles. The van der Waals surface area contributed by atoms with Gasteiger partial charge in [0.15, 0.2) is 11.5 Å². The Bertz CT molecular complexity index is 1400. The van der Waals surface area contributed by atoms with Crippen LogP contribution in [0.4, 0.5) is 0 Å². The number of benzene rings is 3. The topological polar surface area (TPSA) is 90.7 Å². The van der Waals surface area contributed by atoms with Gasteiger partial charge in [-0.2, -0.15) is 0 Å². The first-order valence-electron chi connectivity index (χ1n) is 10.4. The second-order valence-corrected chi connectivity index (χ2v) is 7.16. The molecule has 0 aliphatic rings. The quantitative estimate of drug-likeness (QED) is 0.448. The Kier molecular flexibility index (Phi) is 6.22. The molecule has 1 N–H and O–H groups in total. The number of para-hydroxylation sites is 1. The van der Waals surface area contributed by atoms with Gasteiger partial charge in [-0.3, -0.25) is 9.36 Å². The number of aromatic carboxylic acids is 1. The maximum absolute atomic E-state index is 13.3. The summed E-state index contributed by atoms with van der Waals surface area (Å²) < 4.78 is 12.4. The zero-order valence-corrected chi connectivity index (χ0v) is 18.2. The predicted octanol–water partition coefficient (Wildman–Crippen LogP) is 4.66. The molecule has 0 saturated heterocycles. The largest absolute Gasteiger partial charge is 0.493 e. The Labute approximate surface area is 190 Å². The van der Waals surface area contributed by atoms with Crippen LogP contribution in [0, 0.1) is 0 Å². The summed E-state index contributed by atoms with van der Waals surface area (Å²) >= 11 is 0. The van der Waals surface area contributed by atoms with Gasteiger partial charge in [-0.15, -0.1) is 0 Å². The van der Waals surface area contributed by atoms with E-state index in [0.29, 0.717) is 40.5 Å². The molecule has 33 heavy (non-hydrogen) atoms. The first-order valence-corrected chi connectivity index (χ1v) is 10.4. The maximum atomic E-state index is 13.3. The minimum Gasteiger partial charge on any atom is -0.493 e. The van der Waals surface area contributed by atoms with E-state index in [1.54, 1.807) is 43.5 Å². The summed E-state index contributed by atoms with van der Waals surface area (Å²) in [5.41, 5.74) is 1.83. The van der Waals surface area contributed by atoms with Crippen molar-refractivity contribution in [1.82, 2.24) is 9.55 Å². The van der Waals surface area contributed by atoms with Crippen LogP contribution in [0.3, 0.4) is 0 Å². The minimum atomic E-state index is -1.03. The monoisotopic (exact) mass is 442 g/mol. The third kappa shape index (κ3) is 4.48. The van der Waals surface area contributed by atoms with Gasteiger partial charge < -0.3 is 14.6 Å². The summed E-state index contributed by atoms with van der Waals surface area (Å²) in [7, 11) is 1.58. The number of hydrogen-bond donors (Lipinski definition) is 1. The molecule has 166 valence electrons. The standard InChI is InChI=1S/C26H22N2O5/c1-3-33-22-14-8-17(16-23(22)32-2)9-15-24-27-21-7-5-4-6-20(21)25(29)28(24)19-12-10-18(11-13-19)26(30)31/h4-16H,3H2,1-2H3,(H,30,31)/b15-9+. The number of rotatable bonds is 7. The van der Waals surface area contributed by atoms with Crippen molar-refractivity contribution in [3.63, 3.8) is 0 Å². The lowest BCUT2D eigenvalue weighted by Gasteiger charge is -2.12. The molecule has 1 aromatic heterocycles. The summed E-state index contributed by atoms with van der Waals surface area (Å²) in [4.78, 5) is 29.2. The molecule has 0 bridgehead atoms. The summed E-state index contributed by atoms with van der Waals surface area (Å²) in [5, 5.41) is 9.66. The Hall–Kier alpha value is -4.39. The highest BCUT2D eigenvalue weighted by molar-refractivity contribution is 5.88. The van der Waals surface area contributed by atoms with E-state index in [-0.39, 0.29) is 11.1 Å². The fourth-order valence-electron chi connectivity index (χ4n) is 3.50. The zero-order chi connectivity index (χ0) is 23.4. The van der Waals surface area contributed by atoms with Crippen LogP contribution in [-0.2, 0) is 0 Å². The van der Waals surface area contributed by atoms with Crippen molar-refractivity contribution < 1.29 is 19.4 Å². The molecule has 4 rings (SSSR count). The highest BCUT2D eigenvalue weighted by Crippen LogP contribution is 2.29. The van der Waals surface area contributed by atoms with Crippen LogP contribution in [0.2, 0.25) is 0 Å². The second-order valence-electron chi connectivity index (χ2n) is 7.16. The van der Waals surface area contributed by atoms with Gasteiger partial charge >= 0.3 is 5.97 Å². The van der Waals surface area contributed by atoms with Crippen molar-refractivity contribution in [2.24, 2.45) is 0 Å². The van der Waals surface area contributed by atoms with Crippen molar-refractivity contribution in [1.29, 1.82) is 0 Å². The van der Waals surface area contributed by atoms with Crippen molar-refractivity contribution in [3.8, 4) is 17.2 Å². The van der Waals surface area contributed by atoms with Gasteiger partial charge in [0.2, 0.25) is 0 Å². The Morgan fingerprint density at radius 1 is 1.03 bits per heavy atom. The van der Waals surface area contributed by atoms with Crippen molar-refractivity contribution in [2.75, 3.05) is 13.7 Å². The SMILES string of the molecule is CCOc1ccc(/C=C/c2nc3ccccc3c(=O)n2-c2ccc(C(=O)O)cc2)cc1OC. The number of carboxylic acids is 1. The van der Waals surface area contributed by atoms with E-state index < -0.39 is 5.97 Å². The number of nitrogens with zero attached hydrogens (tertiary/aromatic N) is 2. The lowest BCUT2D eigenvalue weighted by molar-refractivity contribution is 0.0697. The summed E-state index contributed by atoms with van der Waals surface area (Å²) in [5.74, 6) is 0.633. The zero-order valence-electron chi connectivity index (χ0n) is 18.2. The maximum Gasteiger partial charge on any atom is 0.335 e. The molecule has 0 fully saturated rings. The number of carbonyl (C=O) groups is 1. The van der Waals surface area contributed by atoms with E-state index in [1.165, 1.54) is 16.7 Å². The van der Waals surface area contributed by atoms with E-state index in [9.17, 15) is 14.7 Å². The lowest BCUT2D eigenvalue weighted by atomic mass is 10.1. The predicted molar refractivity (Wildman–Crippen MR) is 127 cm³/mol. The first-order chi connectivity index (χ1) is 16.0. The van der Waals surface area contributed by atoms with Crippen LogP contribution >= 0.6 is 0 Å². The number of hydrogen-bond acceptors (Lipinski definition) is 5. The molecule has 0 amide bonds. The molecule has 1 heterocycles.